The summed E-state index contributed by atoms with van der Waals surface area (Å²) in [5.74, 6) is 0.833. The first-order chi connectivity index (χ1) is 2.80. The number of ketones is 1. The van der Waals surface area contributed by atoms with E-state index in [2.05, 4.69) is 0 Å². The molecule has 0 bridgehead atoms. The second-order valence-electron chi connectivity index (χ2n) is 1.88. The van der Waals surface area contributed by atoms with Gasteiger partial charge in [-0.15, -0.1) is 0 Å². The van der Waals surface area contributed by atoms with E-state index >= 15 is 0 Å². The van der Waals surface area contributed by atoms with Crippen LogP contribution in [0, 0.1) is 5.92 Å². The molecule has 0 saturated heterocycles. The fourth-order valence-electron chi connectivity index (χ4n) is 0.490. The van der Waals surface area contributed by atoms with Gasteiger partial charge in [0.25, 0.3) is 0 Å². The minimum absolute atomic E-state index is 0. The molecule has 0 aromatic carbocycles. The summed E-state index contributed by atoms with van der Waals surface area (Å²) in [4.78, 5) is 10.2. The van der Waals surface area contributed by atoms with E-state index < -0.39 is 0 Å². The van der Waals surface area contributed by atoms with Crippen LogP contribution in [0.25, 0.3) is 0 Å². The average molecular weight is 98.1 g/mol. The molecule has 39 valence electrons. The van der Waals surface area contributed by atoms with Crippen LogP contribution in [0.4, 0.5) is 0 Å². The average Bonchev–Trinajstić information content (AvgIpc) is 2.06. The lowest BCUT2D eigenvalue weighted by atomic mass is 10.3. The van der Waals surface area contributed by atoms with Crippen LogP contribution in [0.5, 0.6) is 0 Å². The van der Waals surface area contributed by atoms with Gasteiger partial charge in [-0.05, 0) is 19.8 Å². The van der Waals surface area contributed by atoms with Gasteiger partial charge in [-0.25, -0.2) is 0 Å². The number of Topliss-reactive ketones (excluding diaryl/α,β-unsaturated/α-hetero) is 1. The maximum absolute atomic E-state index is 10.2. The number of carbonyl (C=O) groups excluding carboxylic acids is 1. The van der Waals surface area contributed by atoms with E-state index in [0.717, 1.165) is 12.8 Å². The molecule has 0 aromatic heterocycles. The first kappa shape index (κ1) is 6.63. The lowest BCUT2D eigenvalue weighted by Gasteiger charge is -1.75. The molecule has 7 heavy (non-hydrogen) atoms. The largest absolute Gasteiger partial charge is 0.300 e. The second-order valence-corrected chi connectivity index (χ2v) is 1.88. The Bertz CT molecular complexity index is 76.1. The van der Waals surface area contributed by atoms with Gasteiger partial charge in [-0.2, -0.15) is 0 Å². The highest BCUT2D eigenvalue weighted by Crippen LogP contribution is 2.29. The van der Waals surface area contributed by atoms with Crippen LogP contribution in [0.2, 0.25) is 0 Å². The summed E-state index contributed by atoms with van der Waals surface area (Å²) in [5.41, 5.74) is 0. The molecule has 1 saturated carbocycles. The summed E-state index contributed by atoms with van der Waals surface area (Å²) in [6.07, 6.45) is 2.30. The van der Waals surface area contributed by atoms with Crippen LogP contribution in [0.1, 0.15) is 19.8 Å². The van der Waals surface area contributed by atoms with Crippen molar-refractivity contribution in [2.75, 3.05) is 0 Å². The van der Waals surface area contributed by atoms with Crippen LogP contribution >= 0.6 is 0 Å². The molecule has 0 aliphatic heterocycles. The van der Waals surface area contributed by atoms with Gasteiger partial charge in [0.15, 0.2) is 0 Å². The Kier molecular flexibility index (Phi) is 1.96. The first-order valence-corrected chi connectivity index (χ1v) is 2.31. The van der Waals surface area contributed by atoms with E-state index in [9.17, 15) is 4.79 Å². The van der Waals surface area contributed by atoms with Crippen LogP contribution in [-0.2, 0) is 4.79 Å². The Morgan fingerprint density at radius 2 is 2.00 bits per heavy atom. The van der Waals surface area contributed by atoms with Crippen molar-refractivity contribution >= 4 is 5.78 Å². The van der Waals surface area contributed by atoms with Crippen molar-refractivity contribution in [2.45, 2.75) is 19.8 Å². The quantitative estimate of drug-likeness (QED) is 0.471. The highest BCUT2D eigenvalue weighted by atomic mass is 16.1. The second kappa shape index (κ2) is 2.07. The smallest absolute Gasteiger partial charge is 0.132 e. The predicted molar refractivity (Wildman–Crippen MR) is 25.5 cm³/mol. The lowest BCUT2D eigenvalue weighted by molar-refractivity contribution is -0.118. The molecule has 1 fully saturated rings. The predicted octanol–water partition coefficient (Wildman–Crippen LogP) is 0.505. The van der Waals surface area contributed by atoms with Gasteiger partial charge in [-0.3, -0.25) is 4.79 Å². The van der Waals surface area contributed by atoms with Crippen LogP contribution in [-0.4, -0.2) is 5.78 Å². The molecule has 1 aliphatic carbocycles. The Balaban J connectivity index is 0.000000360. The van der Waals surface area contributed by atoms with Gasteiger partial charge in [0.1, 0.15) is 5.78 Å². The van der Waals surface area contributed by atoms with Crippen LogP contribution in [0.15, 0.2) is 0 Å². The van der Waals surface area contributed by atoms with Gasteiger partial charge < -0.3 is 0 Å². The molecule has 1 rings (SSSR count). The molecule has 0 unspecified atom stereocenters. The number of rotatable bonds is 1. The van der Waals surface area contributed by atoms with E-state index in [4.69, 9.17) is 0 Å². The Morgan fingerprint density at radius 3 is 2.00 bits per heavy atom. The van der Waals surface area contributed by atoms with E-state index in [1.807, 2.05) is 0 Å². The zero-order valence-electron chi connectivity index (χ0n) is 4.35. The number of nitrogens with zero attached hydrogens (tertiary/aromatic N) is 1. The van der Waals surface area contributed by atoms with Gasteiger partial charge in [-0.1, -0.05) is 0 Å². The van der Waals surface area contributed by atoms with Crippen LogP contribution in [0.3, 0.4) is 0 Å². The van der Waals surface area contributed by atoms with Gasteiger partial charge in [0.05, 0.1) is 0 Å². The van der Waals surface area contributed by atoms with E-state index in [1.165, 1.54) is 0 Å². The molecule has 2 nitrogen and oxygen atoms in total. The Morgan fingerprint density at radius 1 is 1.57 bits per heavy atom. The molecule has 2 heteroatoms. The summed E-state index contributed by atoms with van der Waals surface area (Å²) in [6.45, 7) is 1.66. The van der Waals surface area contributed by atoms with Gasteiger partial charge >= 0.3 is 0 Å². The summed E-state index contributed by atoms with van der Waals surface area (Å²) >= 11 is 0. The number of hydrogen-bond acceptors (Lipinski definition) is 1. The Labute approximate surface area is 43.5 Å². The van der Waals surface area contributed by atoms with Crippen molar-refractivity contribution in [1.82, 2.24) is 6.15 Å². The fourth-order valence-corrected chi connectivity index (χ4v) is 0.490. The molecule has 1 aliphatic rings. The SMILES string of the molecule is CC(=O)C1CC1.[N]. The van der Waals surface area contributed by atoms with Crippen LogP contribution < -0.4 is 6.15 Å². The first-order valence-electron chi connectivity index (χ1n) is 2.31. The molecular formula is C5H8NO. The van der Waals surface area contributed by atoms with Crippen molar-refractivity contribution in [3.05, 3.63) is 0 Å². The van der Waals surface area contributed by atoms with Crippen molar-refractivity contribution in [1.29, 1.82) is 0 Å². The van der Waals surface area contributed by atoms with Crippen molar-refractivity contribution in [2.24, 2.45) is 5.92 Å². The summed E-state index contributed by atoms with van der Waals surface area (Å²) in [7, 11) is 0. The summed E-state index contributed by atoms with van der Waals surface area (Å²) in [6, 6.07) is 0. The zero-order chi connectivity index (χ0) is 4.57. The Hall–Kier alpha value is -0.370. The molecule has 0 atom stereocenters. The maximum atomic E-state index is 10.2. The third-order valence-corrected chi connectivity index (χ3v) is 1.15. The normalized spacial score (nSPS) is 17.9. The zero-order valence-corrected chi connectivity index (χ0v) is 4.35. The lowest BCUT2D eigenvalue weighted by Crippen LogP contribution is -1.88. The highest BCUT2D eigenvalue weighted by Gasteiger charge is 2.25. The van der Waals surface area contributed by atoms with Crippen molar-refractivity contribution in [3.8, 4) is 0 Å². The minimum Gasteiger partial charge on any atom is -0.300 e. The molecular weight excluding hydrogens is 90.1 g/mol. The van der Waals surface area contributed by atoms with Gasteiger partial charge in [0.2, 0.25) is 0 Å². The monoisotopic (exact) mass is 98.1 g/mol. The summed E-state index contributed by atoms with van der Waals surface area (Å²) < 4.78 is 0. The van der Waals surface area contributed by atoms with E-state index in [-0.39, 0.29) is 6.15 Å². The molecule has 0 aromatic rings. The minimum atomic E-state index is 0. The van der Waals surface area contributed by atoms with Crippen molar-refractivity contribution in [3.63, 3.8) is 0 Å². The molecule has 0 heterocycles. The molecule has 0 spiro atoms. The van der Waals surface area contributed by atoms with Gasteiger partial charge in [0, 0.05) is 12.1 Å². The molecule has 0 N–H and O–H groups in total. The fraction of sp³-hybridized carbons (Fsp3) is 0.800. The molecule has 3 radical (unpaired) electrons. The van der Waals surface area contributed by atoms with E-state index in [0.29, 0.717) is 11.7 Å². The maximum Gasteiger partial charge on any atom is 0.132 e. The van der Waals surface area contributed by atoms with Crippen molar-refractivity contribution < 1.29 is 4.79 Å². The number of carbonyl (C=O) groups is 1. The van der Waals surface area contributed by atoms with E-state index in [1.54, 1.807) is 6.92 Å². The number of hydrogen-bond donors (Lipinski definition) is 0. The topological polar surface area (TPSA) is 47.6 Å². The standard InChI is InChI=1S/C5H8O.N/c1-4(6)5-2-3-5;/h5H,2-3H2,1H3;. The third-order valence-electron chi connectivity index (χ3n) is 1.15. The highest BCUT2D eigenvalue weighted by molar-refractivity contribution is 5.80. The summed E-state index contributed by atoms with van der Waals surface area (Å²) in [5, 5.41) is 0. The molecule has 0 amide bonds. The third kappa shape index (κ3) is 1.69.